The van der Waals surface area contributed by atoms with Crippen molar-refractivity contribution in [1.82, 2.24) is 10.3 Å². The minimum atomic E-state index is -0.123. The molecule has 0 aliphatic carbocycles. The molecule has 0 atom stereocenters. The van der Waals surface area contributed by atoms with Crippen LogP contribution >= 0.6 is 11.3 Å². The highest BCUT2D eigenvalue weighted by molar-refractivity contribution is 7.09. The van der Waals surface area contributed by atoms with Gasteiger partial charge >= 0.3 is 0 Å². The summed E-state index contributed by atoms with van der Waals surface area (Å²) in [6, 6.07) is 6.10. The van der Waals surface area contributed by atoms with Crippen LogP contribution in [0, 0.1) is 19.8 Å². The van der Waals surface area contributed by atoms with E-state index in [4.69, 9.17) is 4.74 Å². The van der Waals surface area contributed by atoms with Gasteiger partial charge in [0.2, 0.25) is 0 Å². The first-order chi connectivity index (χ1) is 10.4. The third kappa shape index (κ3) is 4.84. The van der Waals surface area contributed by atoms with Crippen molar-refractivity contribution in [3.05, 3.63) is 45.4 Å². The molecule has 2 aromatic rings. The van der Waals surface area contributed by atoms with E-state index < -0.39 is 0 Å². The Morgan fingerprint density at radius 3 is 2.59 bits per heavy atom. The highest BCUT2D eigenvalue weighted by Gasteiger charge is 2.11. The summed E-state index contributed by atoms with van der Waals surface area (Å²) >= 11 is 1.44. The summed E-state index contributed by atoms with van der Waals surface area (Å²) in [6.45, 7) is 9.24. The quantitative estimate of drug-likeness (QED) is 0.883. The first kappa shape index (κ1) is 16.5. The Hall–Kier alpha value is -1.88. The minimum absolute atomic E-state index is 0.123. The zero-order valence-electron chi connectivity index (χ0n) is 13.5. The Kier molecular flexibility index (Phi) is 5.55. The number of ether oxygens (including phenoxy) is 1. The average Bonchev–Trinajstić information content (AvgIpc) is 2.90. The standard InChI is InChI=1S/C17H22N2O2S/c1-11(2)8-18-17(20)15-10-22-16(19-15)9-21-14-6-12(3)5-13(4)7-14/h5-7,10-11H,8-9H2,1-4H3,(H,18,20). The van der Waals surface area contributed by atoms with Gasteiger partial charge < -0.3 is 10.1 Å². The molecular formula is C17H22N2O2S. The lowest BCUT2D eigenvalue weighted by atomic mass is 10.1. The van der Waals surface area contributed by atoms with Crippen LogP contribution in [0.1, 0.15) is 40.5 Å². The molecule has 22 heavy (non-hydrogen) atoms. The van der Waals surface area contributed by atoms with E-state index in [0.29, 0.717) is 24.8 Å². The topological polar surface area (TPSA) is 51.2 Å². The van der Waals surface area contributed by atoms with Crippen LogP contribution in [0.5, 0.6) is 5.75 Å². The lowest BCUT2D eigenvalue weighted by Gasteiger charge is -2.06. The molecule has 1 heterocycles. The molecule has 0 saturated heterocycles. The largest absolute Gasteiger partial charge is 0.486 e. The van der Waals surface area contributed by atoms with Gasteiger partial charge in [-0.3, -0.25) is 4.79 Å². The molecule has 0 aliphatic heterocycles. The summed E-state index contributed by atoms with van der Waals surface area (Å²) in [6.07, 6.45) is 0. The SMILES string of the molecule is Cc1cc(C)cc(OCc2nc(C(=O)NCC(C)C)cs2)c1. The van der Waals surface area contributed by atoms with Crippen LogP contribution in [-0.4, -0.2) is 17.4 Å². The van der Waals surface area contributed by atoms with Gasteiger partial charge in [-0.2, -0.15) is 0 Å². The van der Waals surface area contributed by atoms with Crippen LogP contribution in [0.2, 0.25) is 0 Å². The second kappa shape index (κ2) is 7.40. The lowest BCUT2D eigenvalue weighted by molar-refractivity contribution is 0.0944. The second-order valence-electron chi connectivity index (χ2n) is 5.84. The number of hydrogen-bond acceptors (Lipinski definition) is 4. The molecule has 0 unspecified atom stereocenters. The molecule has 0 fully saturated rings. The van der Waals surface area contributed by atoms with Crippen LogP contribution in [-0.2, 0) is 6.61 Å². The number of nitrogens with zero attached hydrogens (tertiary/aromatic N) is 1. The van der Waals surface area contributed by atoms with Gasteiger partial charge in [0.25, 0.3) is 5.91 Å². The van der Waals surface area contributed by atoms with Crippen LogP contribution < -0.4 is 10.1 Å². The predicted octanol–water partition coefficient (Wildman–Crippen LogP) is 3.72. The van der Waals surface area contributed by atoms with Crippen molar-refractivity contribution in [2.24, 2.45) is 5.92 Å². The van der Waals surface area contributed by atoms with Gasteiger partial charge in [0.05, 0.1) is 0 Å². The van der Waals surface area contributed by atoms with Crippen LogP contribution in [0.25, 0.3) is 0 Å². The van der Waals surface area contributed by atoms with Crippen LogP contribution in [0.3, 0.4) is 0 Å². The van der Waals surface area contributed by atoms with Crippen molar-refractivity contribution in [2.75, 3.05) is 6.54 Å². The lowest BCUT2D eigenvalue weighted by Crippen LogP contribution is -2.27. The van der Waals surface area contributed by atoms with E-state index in [1.54, 1.807) is 5.38 Å². The van der Waals surface area contributed by atoms with Crippen LogP contribution in [0.15, 0.2) is 23.6 Å². The molecular weight excluding hydrogens is 296 g/mol. The number of hydrogen-bond donors (Lipinski definition) is 1. The van der Waals surface area contributed by atoms with Crippen molar-refractivity contribution in [1.29, 1.82) is 0 Å². The van der Waals surface area contributed by atoms with E-state index in [0.717, 1.165) is 10.8 Å². The number of thiazole rings is 1. The van der Waals surface area contributed by atoms with Gasteiger partial charge in [0.15, 0.2) is 0 Å². The Morgan fingerprint density at radius 2 is 1.95 bits per heavy atom. The second-order valence-corrected chi connectivity index (χ2v) is 6.79. The number of carbonyl (C=O) groups is 1. The van der Waals surface area contributed by atoms with Crippen molar-refractivity contribution >= 4 is 17.2 Å². The third-order valence-corrected chi connectivity index (χ3v) is 3.84. The van der Waals surface area contributed by atoms with E-state index in [1.165, 1.54) is 22.5 Å². The fourth-order valence-corrected chi connectivity index (χ4v) is 2.72. The Bertz CT molecular complexity index is 630. The predicted molar refractivity (Wildman–Crippen MR) is 89.5 cm³/mol. The van der Waals surface area contributed by atoms with E-state index in [9.17, 15) is 4.79 Å². The summed E-state index contributed by atoms with van der Waals surface area (Å²) in [5.41, 5.74) is 2.80. The van der Waals surface area contributed by atoms with E-state index >= 15 is 0 Å². The molecule has 0 spiro atoms. The van der Waals surface area contributed by atoms with Crippen molar-refractivity contribution in [2.45, 2.75) is 34.3 Å². The summed E-state index contributed by atoms with van der Waals surface area (Å²) in [7, 11) is 0. The molecule has 1 aromatic carbocycles. The van der Waals surface area contributed by atoms with Gasteiger partial charge in [0.1, 0.15) is 23.1 Å². The van der Waals surface area contributed by atoms with Gasteiger partial charge in [-0.25, -0.2) is 4.98 Å². The van der Waals surface area contributed by atoms with E-state index in [1.807, 2.05) is 26.0 Å². The Balaban J connectivity index is 1.93. The molecule has 0 bridgehead atoms. The first-order valence-electron chi connectivity index (χ1n) is 7.37. The molecule has 0 aliphatic rings. The molecule has 1 N–H and O–H groups in total. The number of rotatable bonds is 6. The smallest absolute Gasteiger partial charge is 0.270 e. The Labute approximate surface area is 135 Å². The average molecular weight is 318 g/mol. The number of nitrogens with one attached hydrogen (secondary N) is 1. The highest BCUT2D eigenvalue weighted by Crippen LogP contribution is 2.19. The molecule has 1 amide bonds. The van der Waals surface area contributed by atoms with Crippen molar-refractivity contribution in [3.63, 3.8) is 0 Å². The molecule has 2 rings (SSSR count). The fourth-order valence-electron chi connectivity index (χ4n) is 2.03. The van der Waals surface area contributed by atoms with Crippen LogP contribution in [0.4, 0.5) is 0 Å². The fraction of sp³-hybridized carbons (Fsp3) is 0.412. The van der Waals surface area contributed by atoms with Crippen molar-refractivity contribution < 1.29 is 9.53 Å². The number of amides is 1. The zero-order valence-corrected chi connectivity index (χ0v) is 14.3. The summed E-state index contributed by atoms with van der Waals surface area (Å²) in [5, 5.41) is 5.44. The molecule has 1 aromatic heterocycles. The van der Waals surface area contributed by atoms with E-state index in [2.05, 4.69) is 30.2 Å². The monoisotopic (exact) mass is 318 g/mol. The minimum Gasteiger partial charge on any atom is -0.486 e. The maximum atomic E-state index is 11.9. The summed E-state index contributed by atoms with van der Waals surface area (Å²) < 4.78 is 5.76. The molecule has 0 radical (unpaired) electrons. The molecule has 118 valence electrons. The maximum Gasteiger partial charge on any atom is 0.270 e. The molecule has 4 nitrogen and oxygen atoms in total. The normalized spacial score (nSPS) is 10.8. The number of aryl methyl sites for hydroxylation is 2. The summed E-state index contributed by atoms with van der Waals surface area (Å²) in [4.78, 5) is 16.2. The molecule has 0 saturated carbocycles. The van der Waals surface area contributed by atoms with E-state index in [-0.39, 0.29) is 5.91 Å². The number of aromatic nitrogens is 1. The zero-order chi connectivity index (χ0) is 16.1. The highest BCUT2D eigenvalue weighted by atomic mass is 32.1. The van der Waals surface area contributed by atoms with Gasteiger partial charge in [-0.1, -0.05) is 19.9 Å². The number of carbonyl (C=O) groups excluding carboxylic acids is 1. The van der Waals surface area contributed by atoms with Crippen molar-refractivity contribution in [3.8, 4) is 5.75 Å². The van der Waals surface area contributed by atoms with Gasteiger partial charge in [0, 0.05) is 11.9 Å². The van der Waals surface area contributed by atoms with Gasteiger partial charge in [-0.15, -0.1) is 11.3 Å². The number of benzene rings is 1. The van der Waals surface area contributed by atoms with Gasteiger partial charge in [-0.05, 0) is 43.0 Å². The Morgan fingerprint density at radius 1 is 1.27 bits per heavy atom. The maximum absolute atomic E-state index is 11.9. The first-order valence-corrected chi connectivity index (χ1v) is 8.25. The molecule has 5 heteroatoms. The summed E-state index contributed by atoms with van der Waals surface area (Å²) in [5.74, 6) is 1.14. The third-order valence-electron chi connectivity index (χ3n) is 3.01.